The molecule has 0 atom stereocenters. The van der Waals surface area contributed by atoms with Gasteiger partial charge in [0.05, 0.1) is 5.02 Å². The lowest BCUT2D eigenvalue weighted by Gasteiger charge is -1.98. The molecule has 1 aromatic rings. The van der Waals surface area contributed by atoms with Gasteiger partial charge < -0.3 is 10.3 Å². The molecule has 0 aliphatic carbocycles. The average molecular weight is 179 g/mol. The van der Waals surface area contributed by atoms with Gasteiger partial charge in [-0.05, 0) is 6.07 Å². The van der Waals surface area contributed by atoms with Crippen molar-refractivity contribution in [3.63, 3.8) is 0 Å². The number of hydrogen-bond donors (Lipinski definition) is 1. The molecule has 0 radical (unpaired) electrons. The van der Waals surface area contributed by atoms with E-state index >= 15 is 0 Å². The second-order valence-electron chi connectivity index (χ2n) is 2.04. The standard InChI is InChI=1S/C6H8Cl2N2/c1-10-4(3-9)2-5(7)6(10)8/h2H,3,9H2,1H3. The van der Waals surface area contributed by atoms with E-state index in [1.807, 2.05) is 7.05 Å². The Kier molecular flexibility index (Phi) is 2.24. The van der Waals surface area contributed by atoms with Gasteiger partial charge in [0.25, 0.3) is 0 Å². The fraction of sp³-hybridized carbons (Fsp3) is 0.333. The maximum atomic E-state index is 5.75. The van der Waals surface area contributed by atoms with Gasteiger partial charge in [-0.25, -0.2) is 0 Å². The van der Waals surface area contributed by atoms with Crippen molar-refractivity contribution in [2.24, 2.45) is 12.8 Å². The molecule has 2 N–H and O–H groups in total. The predicted octanol–water partition coefficient (Wildman–Crippen LogP) is 1.79. The quantitative estimate of drug-likeness (QED) is 0.699. The van der Waals surface area contributed by atoms with Gasteiger partial charge >= 0.3 is 0 Å². The van der Waals surface area contributed by atoms with Gasteiger partial charge in [0.2, 0.25) is 0 Å². The lowest BCUT2D eigenvalue weighted by Crippen LogP contribution is -2.02. The van der Waals surface area contributed by atoms with Gasteiger partial charge in [0.15, 0.2) is 0 Å². The Balaban J connectivity index is 3.17. The highest BCUT2D eigenvalue weighted by molar-refractivity contribution is 6.41. The largest absolute Gasteiger partial charge is 0.336 e. The molecule has 0 fully saturated rings. The number of aromatic nitrogens is 1. The first-order chi connectivity index (χ1) is 4.66. The number of halogens is 2. The minimum Gasteiger partial charge on any atom is -0.336 e. The van der Waals surface area contributed by atoms with E-state index in [0.717, 1.165) is 5.69 Å². The Hall–Kier alpha value is -0.180. The van der Waals surface area contributed by atoms with Crippen LogP contribution in [0.15, 0.2) is 6.07 Å². The van der Waals surface area contributed by atoms with E-state index in [4.69, 9.17) is 28.9 Å². The summed E-state index contributed by atoms with van der Waals surface area (Å²) in [6.45, 7) is 0.461. The highest BCUT2D eigenvalue weighted by Gasteiger charge is 2.05. The summed E-state index contributed by atoms with van der Waals surface area (Å²) < 4.78 is 1.77. The normalized spacial score (nSPS) is 10.4. The van der Waals surface area contributed by atoms with E-state index in [-0.39, 0.29) is 0 Å². The van der Waals surface area contributed by atoms with Crippen molar-refractivity contribution in [2.75, 3.05) is 0 Å². The van der Waals surface area contributed by atoms with Crippen molar-refractivity contribution in [2.45, 2.75) is 6.54 Å². The van der Waals surface area contributed by atoms with Crippen LogP contribution in [0.5, 0.6) is 0 Å². The van der Waals surface area contributed by atoms with Crippen LogP contribution in [-0.2, 0) is 13.6 Å². The Morgan fingerprint density at radius 3 is 2.40 bits per heavy atom. The zero-order valence-corrected chi connectivity index (χ0v) is 7.08. The van der Waals surface area contributed by atoms with Gasteiger partial charge in [0, 0.05) is 19.3 Å². The van der Waals surface area contributed by atoms with Gasteiger partial charge in [-0.3, -0.25) is 0 Å². The van der Waals surface area contributed by atoms with Crippen molar-refractivity contribution in [1.82, 2.24) is 4.57 Å². The van der Waals surface area contributed by atoms with Crippen LogP contribution in [0.1, 0.15) is 5.69 Å². The SMILES string of the molecule is Cn1c(CN)cc(Cl)c1Cl. The van der Waals surface area contributed by atoms with Crippen molar-refractivity contribution in [1.29, 1.82) is 0 Å². The van der Waals surface area contributed by atoms with Crippen LogP contribution in [0.4, 0.5) is 0 Å². The van der Waals surface area contributed by atoms with Gasteiger partial charge in [-0.15, -0.1) is 0 Å². The van der Waals surface area contributed by atoms with E-state index < -0.39 is 0 Å². The zero-order valence-electron chi connectivity index (χ0n) is 5.56. The molecule has 1 rings (SSSR count). The minimum absolute atomic E-state index is 0.461. The first-order valence-electron chi connectivity index (χ1n) is 2.86. The molecule has 0 aliphatic heterocycles. The summed E-state index contributed by atoms with van der Waals surface area (Å²) >= 11 is 11.5. The van der Waals surface area contributed by atoms with Crippen molar-refractivity contribution in [3.05, 3.63) is 21.9 Å². The van der Waals surface area contributed by atoms with Crippen molar-refractivity contribution >= 4 is 23.2 Å². The van der Waals surface area contributed by atoms with Crippen LogP contribution in [0.3, 0.4) is 0 Å². The van der Waals surface area contributed by atoms with Gasteiger partial charge in [-0.1, -0.05) is 23.2 Å². The minimum atomic E-state index is 0.461. The summed E-state index contributed by atoms with van der Waals surface area (Å²) in [5.74, 6) is 0. The average Bonchev–Trinajstić information content (AvgIpc) is 2.17. The molecule has 0 saturated heterocycles. The van der Waals surface area contributed by atoms with E-state index in [2.05, 4.69) is 0 Å². The van der Waals surface area contributed by atoms with Crippen molar-refractivity contribution < 1.29 is 0 Å². The monoisotopic (exact) mass is 178 g/mol. The van der Waals surface area contributed by atoms with Gasteiger partial charge in [-0.2, -0.15) is 0 Å². The molecule has 10 heavy (non-hydrogen) atoms. The molecule has 2 nitrogen and oxygen atoms in total. The number of rotatable bonds is 1. The second kappa shape index (κ2) is 2.82. The third kappa shape index (κ3) is 1.15. The molecule has 1 heterocycles. The lowest BCUT2D eigenvalue weighted by molar-refractivity contribution is 0.825. The van der Waals surface area contributed by atoms with Crippen LogP contribution < -0.4 is 5.73 Å². The lowest BCUT2D eigenvalue weighted by atomic mass is 10.4. The first-order valence-corrected chi connectivity index (χ1v) is 3.62. The molecule has 0 bridgehead atoms. The molecule has 56 valence electrons. The summed E-state index contributed by atoms with van der Waals surface area (Å²) in [5.41, 5.74) is 6.33. The second-order valence-corrected chi connectivity index (χ2v) is 2.80. The van der Waals surface area contributed by atoms with Crippen molar-refractivity contribution in [3.8, 4) is 0 Å². The maximum absolute atomic E-state index is 5.75. The van der Waals surface area contributed by atoms with Crippen LogP contribution in [0.25, 0.3) is 0 Å². The highest BCUT2D eigenvalue weighted by Crippen LogP contribution is 2.24. The smallest absolute Gasteiger partial charge is 0.127 e. The molecule has 0 unspecified atom stereocenters. The fourth-order valence-corrected chi connectivity index (χ4v) is 1.20. The van der Waals surface area contributed by atoms with E-state index in [0.29, 0.717) is 16.7 Å². The fourth-order valence-electron chi connectivity index (χ4n) is 0.785. The van der Waals surface area contributed by atoms with Crippen LogP contribution in [0, 0.1) is 0 Å². The van der Waals surface area contributed by atoms with Crippen LogP contribution in [-0.4, -0.2) is 4.57 Å². The molecule has 0 aliphatic rings. The van der Waals surface area contributed by atoms with E-state index in [1.165, 1.54) is 0 Å². The summed E-state index contributed by atoms with van der Waals surface area (Å²) in [4.78, 5) is 0. The number of nitrogens with two attached hydrogens (primary N) is 1. The molecule has 0 saturated carbocycles. The summed E-state index contributed by atoms with van der Waals surface area (Å²) in [5, 5.41) is 1.10. The maximum Gasteiger partial charge on any atom is 0.127 e. The predicted molar refractivity (Wildman–Crippen MR) is 43.3 cm³/mol. The summed E-state index contributed by atoms with van der Waals surface area (Å²) in [6.07, 6.45) is 0. The molecule has 4 heteroatoms. The molecule has 0 aromatic carbocycles. The number of nitrogens with zero attached hydrogens (tertiary/aromatic N) is 1. The van der Waals surface area contributed by atoms with E-state index in [1.54, 1.807) is 10.6 Å². The topological polar surface area (TPSA) is 30.9 Å². The highest BCUT2D eigenvalue weighted by atomic mass is 35.5. The zero-order chi connectivity index (χ0) is 7.72. The summed E-state index contributed by atoms with van der Waals surface area (Å²) in [7, 11) is 1.83. The van der Waals surface area contributed by atoms with Gasteiger partial charge in [0.1, 0.15) is 5.15 Å². The van der Waals surface area contributed by atoms with Crippen LogP contribution in [0.2, 0.25) is 10.2 Å². The molecular weight excluding hydrogens is 171 g/mol. The van der Waals surface area contributed by atoms with E-state index in [9.17, 15) is 0 Å². The Bertz CT molecular complexity index is 242. The molecule has 0 amide bonds. The summed E-state index contributed by atoms with van der Waals surface area (Å²) in [6, 6.07) is 1.77. The van der Waals surface area contributed by atoms with Crippen LogP contribution >= 0.6 is 23.2 Å². The third-order valence-electron chi connectivity index (χ3n) is 1.42. The Morgan fingerprint density at radius 1 is 1.60 bits per heavy atom. The molecule has 0 spiro atoms. The Morgan fingerprint density at radius 2 is 2.20 bits per heavy atom. The molecule has 1 aromatic heterocycles. The number of hydrogen-bond acceptors (Lipinski definition) is 1. The Labute approximate surface area is 69.5 Å². The third-order valence-corrected chi connectivity index (χ3v) is 2.27. The molecular formula is C6H8Cl2N2. The first kappa shape index (κ1) is 7.92.